The van der Waals surface area contributed by atoms with Gasteiger partial charge in [-0.25, -0.2) is 4.79 Å². The Bertz CT molecular complexity index is 741. The zero-order chi connectivity index (χ0) is 17.5. The van der Waals surface area contributed by atoms with Crippen LogP contribution in [0.3, 0.4) is 0 Å². The van der Waals surface area contributed by atoms with Crippen LogP contribution in [-0.4, -0.2) is 25.5 Å². The average Bonchev–Trinajstić information content (AvgIpc) is 2.58. The fourth-order valence-electron chi connectivity index (χ4n) is 2.26. The molecule has 0 heterocycles. The van der Waals surface area contributed by atoms with Gasteiger partial charge in [-0.1, -0.05) is 18.2 Å². The standard InChI is InChI=1S/C19H22N2O3/c1-13-8-9-15(12-14(13)2)20-11-10-18(22)21-17-7-5-4-6-16(17)19(23)24-3/h4-9,12,20H,10-11H2,1-3H3,(H,21,22). The van der Waals surface area contributed by atoms with Crippen molar-refractivity contribution >= 4 is 23.3 Å². The van der Waals surface area contributed by atoms with Gasteiger partial charge in [0.2, 0.25) is 5.91 Å². The van der Waals surface area contributed by atoms with Gasteiger partial charge in [-0.05, 0) is 49.2 Å². The highest BCUT2D eigenvalue weighted by atomic mass is 16.5. The van der Waals surface area contributed by atoms with E-state index in [1.54, 1.807) is 24.3 Å². The number of methoxy groups -OCH3 is 1. The van der Waals surface area contributed by atoms with Crippen LogP contribution in [0, 0.1) is 13.8 Å². The van der Waals surface area contributed by atoms with Gasteiger partial charge in [0, 0.05) is 18.7 Å². The Kier molecular flexibility index (Phi) is 5.95. The number of esters is 1. The molecule has 0 saturated heterocycles. The summed E-state index contributed by atoms with van der Waals surface area (Å²) in [5.41, 5.74) is 4.23. The highest BCUT2D eigenvalue weighted by Gasteiger charge is 2.12. The van der Waals surface area contributed by atoms with Crippen molar-refractivity contribution in [2.45, 2.75) is 20.3 Å². The molecule has 24 heavy (non-hydrogen) atoms. The number of para-hydroxylation sites is 1. The van der Waals surface area contributed by atoms with Gasteiger partial charge < -0.3 is 15.4 Å². The molecule has 0 aromatic heterocycles. The molecule has 126 valence electrons. The van der Waals surface area contributed by atoms with Crippen LogP contribution in [0.4, 0.5) is 11.4 Å². The summed E-state index contributed by atoms with van der Waals surface area (Å²) in [4.78, 5) is 23.8. The number of rotatable bonds is 6. The Morgan fingerprint density at radius 2 is 1.79 bits per heavy atom. The van der Waals surface area contributed by atoms with Gasteiger partial charge in [0.25, 0.3) is 0 Å². The molecule has 0 aliphatic rings. The summed E-state index contributed by atoms with van der Waals surface area (Å²) in [5, 5.41) is 5.98. The summed E-state index contributed by atoms with van der Waals surface area (Å²) in [7, 11) is 1.31. The van der Waals surface area contributed by atoms with Crippen molar-refractivity contribution in [3.63, 3.8) is 0 Å². The first kappa shape index (κ1) is 17.5. The molecule has 0 aliphatic heterocycles. The third-order valence-electron chi connectivity index (χ3n) is 3.79. The minimum Gasteiger partial charge on any atom is -0.465 e. The minimum atomic E-state index is -0.473. The van der Waals surface area contributed by atoms with Crippen molar-refractivity contribution in [2.24, 2.45) is 0 Å². The monoisotopic (exact) mass is 326 g/mol. The number of carbonyl (C=O) groups excluding carboxylic acids is 2. The predicted molar refractivity (Wildman–Crippen MR) is 95.4 cm³/mol. The van der Waals surface area contributed by atoms with E-state index in [2.05, 4.69) is 30.5 Å². The number of nitrogens with one attached hydrogen (secondary N) is 2. The van der Waals surface area contributed by atoms with Crippen LogP contribution in [0.15, 0.2) is 42.5 Å². The van der Waals surface area contributed by atoms with Gasteiger partial charge >= 0.3 is 5.97 Å². The van der Waals surface area contributed by atoms with E-state index >= 15 is 0 Å². The van der Waals surface area contributed by atoms with Crippen LogP contribution in [0.25, 0.3) is 0 Å². The second-order valence-corrected chi connectivity index (χ2v) is 5.56. The third-order valence-corrected chi connectivity index (χ3v) is 3.79. The molecule has 2 aromatic rings. The fourth-order valence-corrected chi connectivity index (χ4v) is 2.26. The lowest BCUT2D eigenvalue weighted by Gasteiger charge is -2.11. The molecule has 5 heteroatoms. The number of anilines is 2. The zero-order valence-corrected chi connectivity index (χ0v) is 14.2. The van der Waals surface area contributed by atoms with Gasteiger partial charge in [0.1, 0.15) is 0 Å². The fraction of sp³-hybridized carbons (Fsp3) is 0.263. The van der Waals surface area contributed by atoms with Crippen molar-refractivity contribution in [3.8, 4) is 0 Å². The molecule has 0 fully saturated rings. The Hall–Kier alpha value is -2.82. The smallest absolute Gasteiger partial charge is 0.339 e. The SMILES string of the molecule is COC(=O)c1ccccc1NC(=O)CCNc1ccc(C)c(C)c1. The van der Waals surface area contributed by atoms with Crippen LogP contribution in [0.1, 0.15) is 27.9 Å². The molecular formula is C19H22N2O3. The van der Waals surface area contributed by atoms with Crippen molar-refractivity contribution < 1.29 is 14.3 Å². The highest BCUT2D eigenvalue weighted by molar-refractivity contribution is 6.01. The van der Waals surface area contributed by atoms with E-state index in [4.69, 9.17) is 4.74 Å². The third kappa shape index (κ3) is 4.59. The van der Waals surface area contributed by atoms with Gasteiger partial charge in [-0.15, -0.1) is 0 Å². The number of benzene rings is 2. The maximum absolute atomic E-state index is 12.1. The number of amides is 1. The van der Waals surface area contributed by atoms with Crippen LogP contribution in [0.2, 0.25) is 0 Å². The minimum absolute atomic E-state index is 0.164. The Morgan fingerprint density at radius 1 is 1.04 bits per heavy atom. The summed E-state index contributed by atoms with van der Waals surface area (Å²) in [6.45, 7) is 4.62. The summed E-state index contributed by atoms with van der Waals surface area (Å²) in [5.74, 6) is -0.637. The molecule has 0 radical (unpaired) electrons. The first-order chi connectivity index (χ1) is 11.5. The average molecular weight is 326 g/mol. The maximum atomic E-state index is 12.1. The molecule has 5 nitrogen and oxygen atoms in total. The Labute approximate surface area is 142 Å². The van der Waals surface area contributed by atoms with Crippen molar-refractivity contribution in [1.29, 1.82) is 0 Å². The second kappa shape index (κ2) is 8.15. The first-order valence-corrected chi connectivity index (χ1v) is 7.79. The topological polar surface area (TPSA) is 67.4 Å². The van der Waals surface area contributed by atoms with Gasteiger partial charge in [0.05, 0.1) is 18.4 Å². The normalized spacial score (nSPS) is 10.1. The molecule has 0 saturated carbocycles. The molecular weight excluding hydrogens is 304 g/mol. The summed E-state index contributed by atoms with van der Waals surface area (Å²) >= 11 is 0. The van der Waals surface area contributed by atoms with E-state index in [1.807, 2.05) is 12.1 Å². The molecule has 0 aliphatic carbocycles. The van der Waals surface area contributed by atoms with E-state index < -0.39 is 5.97 Å². The number of aryl methyl sites for hydroxylation is 2. The van der Waals surface area contributed by atoms with Crippen LogP contribution in [-0.2, 0) is 9.53 Å². The van der Waals surface area contributed by atoms with E-state index in [1.165, 1.54) is 18.2 Å². The number of carbonyl (C=O) groups is 2. The van der Waals surface area contributed by atoms with Crippen molar-refractivity contribution in [1.82, 2.24) is 0 Å². The van der Waals surface area contributed by atoms with E-state index in [0.29, 0.717) is 24.2 Å². The lowest BCUT2D eigenvalue weighted by molar-refractivity contribution is -0.115. The lowest BCUT2D eigenvalue weighted by Crippen LogP contribution is -2.18. The lowest BCUT2D eigenvalue weighted by atomic mass is 10.1. The highest BCUT2D eigenvalue weighted by Crippen LogP contribution is 2.17. The summed E-state index contributed by atoms with van der Waals surface area (Å²) in [6.07, 6.45) is 0.294. The van der Waals surface area contributed by atoms with Crippen molar-refractivity contribution in [3.05, 3.63) is 59.2 Å². The summed E-state index contributed by atoms with van der Waals surface area (Å²) in [6, 6.07) is 12.9. The second-order valence-electron chi connectivity index (χ2n) is 5.56. The van der Waals surface area contributed by atoms with Crippen LogP contribution >= 0.6 is 0 Å². The molecule has 0 bridgehead atoms. The zero-order valence-electron chi connectivity index (χ0n) is 14.2. The predicted octanol–water partition coefficient (Wildman–Crippen LogP) is 3.53. The molecule has 0 spiro atoms. The number of hydrogen-bond acceptors (Lipinski definition) is 4. The molecule has 2 aromatic carbocycles. The van der Waals surface area contributed by atoms with E-state index in [9.17, 15) is 9.59 Å². The first-order valence-electron chi connectivity index (χ1n) is 7.79. The van der Waals surface area contributed by atoms with Gasteiger partial charge in [-0.2, -0.15) is 0 Å². The maximum Gasteiger partial charge on any atom is 0.339 e. The van der Waals surface area contributed by atoms with Crippen LogP contribution in [0.5, 0.6) is 0 Å². The molecule has 2 N–H and O–H groups in total. The number of ether oxygens (including phenoxy) is 1. The molecule has 0 unspecified atom stereocenters. The largest absolute Gasteiger partial charge is 0.465 e. The van der Waals surface area contributed by atoms with Gasteiger partial charge in [0.15, 0.2) is 0 Å². The van der Waals surface area contributed by atoms with E-state index in [-0.39, 0.29) is 5.91 Å². The Morgan fingerprint density at radius 3 is 2.50 bits per heavy atom. The quantitative estimate of drug-likeness (QED) is 0.797. The molecule has 1 amide bonds. The molecule has 0 atom stereocenters. The molecule has 2 rings (SSSR count). The Balaban J connectivity index is 1.90. The van der Waals surface area contributed by atoms with E-state index in [0.717, 1.165) is 5.69 Å². The van der Waals surface area contributed by atoms with Gasteiger partial charge in [-0.3, -0.25) is 4.79 Å². The van der Waals surface area contributed by atoms with Crippen molar-refractivity contribution in [2.75, 3.05) is 24.3 Å². The summed E-state index contributed by atoms with van der Waals surface area (Å²) < 4.78 is 4.72. The number of hydrogen-bond donors (Lipinski definition) is 2. The van der Waals surface area contributed by atoms with Crippen LogP contribution < -0.4 is 10.6 Å².